The lowest BCUT2D eigenvalue weighted by Crippen LogP contribution is -2.40. The Balaban J connectivity index is 1.37. The van der Waals surface area contributed by atoms with Gasteiger partial charge in [-0.15, -0.1) is 0 Å². The number of fused-ring (bicyclic) bond motifs is 1. The Morgan fingerprint density at radius 1 is 1.09 bits per heavy atom. The van der Waals surface area contributed by atoms with Crippen LogP contribution < -0.4 is 11.1 Å². The van der Waals surface area contributed by atoms with E-state index in [2.05, 4.69) is 10.2 Å². The molecule has 3 N–H and O–H groups in total. The van der Waals surface area contributed by atoms with E-state index in [0.717, 1.165) is 24.9 Å². The second kappa shape index (κ2) is 10.8. The van der Waals surface area contributed by atoms with Crippen LogP contribution in [0.25, 0.3) is 0 Å². The molecule has 1 unspecified atom stereocenters. The standard InChI is InChI=1S/C26H30N4O5/c1-35-13-3-12-30-25(33)21-10-7-18(14-22(21)26(30)34)24(32)28-20-8-5-17(6-9-20)15-29-11-2-4-19(16-29)23(27)31/h5-10,14,19H,2-4,11-13,15-16H2,1H3,(H2,27,31)(H,28,32). The molecule has 1 saturated heterocycles. The Labute approximate surface area is 204 Å². The summed E-state index contributed by atoms with van der Waals surface area (Å²) < 4.78 is 4.99. The van der Waals surface area contributed by atoms with Gasteiger partial charge in [0.25, 0.3) is 17.7 Å². The smallest absolute Gasteiger partial charge is 0.261 e. The first-order valence-corrected chi connectivity index (χ1v) is 11.8. The minimum Gasteiger partial charge on any atom is -0.385 e. The number of amides is 4. The SMILES string of the molecule is COCCCN1C(=O)c2ccc(C(=O)Nc3ccc(CN4CCCC(C(N)=O)C4)cc3)cc2C1=O. The van der Waals surface area contributed by atoms with Gasteiger partial charge in [0.15, 0.2) is 0 Å². The van der Waals surface area contributed by atoms with Gasteiger partial charge in [-0.25, -0.2) is 0 Å². The molecule has 0 aliphatic carbocycles. The Hall–Kier alpha value is -3.56. The molecule has 2 aliphatic rings. The van der Waals surface area contributed by atoms with Crippen molar-refractivity contribution in [1.82, 2.24) is 9.80 Å². The number of imide groups is 1. The quantitative estimate of drug-likeness (QED) is 0.421. The van der Waals surface area contributed by atoms with E-state index in [0.29, 0.717) is 42.9 Å². The first kappa shape index (κ1) is 24.6. The highest BCUT2D eigenvalue weighted by molar-refractivity contribution is 6.22. The van der Waals surface area contributed by atoms with E-state index < -0.39 is 5.91 Å². The molecular weight excluding hydrogens is 448 g/mol. The number of carbonyl (C=O) groups excluding carboxylic acids is 4. The van der Waals surface area contributed by atoms with Crippen molar-refractivity contribution in [2.24, 2.45) is 11.7 Å². The van der Waals surface area contributed by atoms with E-state index >= 15 is 0 Å². The molecule has 4 rings (SSSR count). The molecule has 0 bridgehead atoms. The van der Waals surface area contributed by atoms with Crippen molar-refractivity contribution in [2.45, 2.75) is 25.8 Å². The molecule has 184 valence electrons. The average molecular weight is 479 g/mol. The number of likely N-dealkylation sites (tertiary alicyclic amines) is 1. The number of nitrogens with zero attached hydrogens (tertiary/aromatic N) is 2. The van der Waals surface area contributed by atoms with Crippen LogP contribution in [-0.2, 0) is 16.1 Å². The van der Waals surface area contributed by atoms with Crippen LogP contribution in [0.1, 0.15) is 55.9 Å². The molecule has 2 aromatic rings. The van der Waals surface area contributed by atoms with Crippen molar-refractivity contribution >= 4 is 29.3 Å². The van der Waals surface area contributed by atoms with Crippen molar-refractivity contribution in [2.75, 3.05) is 38.7 Å². The fraction of sp³-hybridized carbons (Fsp3) is 0.385. The topological polar surface area (TPSA) is 122 Å². The number of rotatable bonds is 9. The number of ether oxygens (including phenoxy) is 1. The number of carbonyl (C=O) groups is 4. The maximum atomic E-state index is 12.8. The Morgan fingerprint density at radius 3 is 2.54 bits per heavy atom. The summed E-state index contributed by atoms with van der Waals surface area (Å²) in [4.78, 5) is 52.9. The number of hydrogen-bond acceptors (Lipinski definition) is 6. The normalized spacial score (nSPS) is 18.0. The van der Waals surface area contributed by atoms with Crippen LogP contribution in [0.3, 0.4) is 0 Å². The maximum Gasteiger partial charge on any atom is 0.261 e. The lowest BCUT2D eigenvalue weighted by atomic mass is 9.97. The molecule has 1 atom stereocenters. The summed E-state index contributed by atoms with van der Waals surface area (Å²) in [5, 5.41) is 2.84. The summed E-state index contributed by atoms with van der Waals surface area (Å²) in [7, 11) is 1.57. The number of nitrogens with two attached hydrogens (primary N) is 1. The summed E-state index contributed by atoms with van der Waals surface area (Å²) in [5.74, 6) is -1.45. The molecule has 9 nitrogen and oxygen atoms in total. The first-order chi connectivity index (χ1) is 16.9. The zero-order valence-electron chi connectivity index (χ0n) is 19.8. The molecule has 4 amide bonds. The minimum absolute atomic E-state index is 0.103. The summed E-state index contributed by atoms with van der Waals surface area (Å²) in [5.41, 5.74) is 8.01. The number of benzene rings is 2. The number of primary amides is 1. The van der Waals surface area contributed by atoms with E-state index in [1.807, 2.05) is 24.3 Å². The molecule has 0 radical (unpaired) electrons. The van der Waals surface area contributed by atoms with Crippen molar-refractivity contribution in [1.29, 1.82) is 0 Å². The van der Waals surface area contributed by atoms with Gasteiger partial charge >= 0.3 is 0 Å². The van der Waals surface area contributed by atoms with E-state index in [1.165, 1.54) is 17.0 Å². The zero-order chi connectivity index (χ0) is 24.9. The van der Waals surface area contributed by atoms with Crippen LogP contribution in [0.15, 0.2) is 42.5 Å². The molecule has 35 heavy (non-hydrogen) atoms. The number of methoxy groups -OCH3 is 1. The molecule has 0 saturated carbocycles. The summed E-state index contributed by atoms with van der Waals surface area (Å²) in [6.07, 6.45) is 2.33. The third-order valence-corrected chi connectivity index (χ3v) is 6.49. The zero-order valence-corrected chi connectivity index (χ0v) is 19.8. The van der Waals surface area contributed by atoms with Crippen LogP contribution in [0, 0.1) is 5.92 Å². The first-order valence-electron chi connectivity index (χ1n) is 11.8. The number of piperidine rings is 1. The lowest BCUT2D eigenvalue weighted by molar-refractivity contribution is -0.123. The second-order valence-electron chi connectivity index (χ2n) is 9.00. The minimum atomic E-state index is -0.392. The fourth-order valence-corrected chi connectivity index (χ4v) is 4.59. The van der Waals surface area contributed by atoms with Gasteiger partial charge in [0.1, 0.15) is 0 Å². The fourth-order valence-electron chi connectivity index (χ4n) is 4.59. The van der Waals surface area contributed by atoms with E-state index in [4.69, 9.17) is 10.5 Å². The summed E-state index contributed by atoms with van der Waals surface area (Å²) >= 11 is 0. The average Bonchev–Trinajstić information content (AvgIpc) is 3.10. The lowest BCUT2D eigenvalue weighted by Gasteiger charge is -2.31. The largest absolute Gasteiger partial charge is 0.385 e. The highest BCUT2D eigenvalue weighted by Gasteiger charge is 2.35. The number of hydrogen-bond donors (Lipinski definition) is 2. The van der Waals surface area contributed by atoms with Gasteiger partial charge in [-0.3, -0.25) is 29.0 Å². The van der Waals surface area contributed by atoms with Gasteiger partial charge in [0, 0.05) is 44.6 Å². The van der Waals surface area contributed by atoms with Crippen LogP contribution in [-0.4, -0.2) is 66.8 Å². The van der Waals surface area contributed by atoms with Crippen molar-refractivity contribution in [3.05, 3.63) is 64.7 Å². The molecule has 0 aromatic heterocycles. The van der Waals surface area contributed by atoms with Gasteiger partial charge in [0.2, 0.25) is 5.91 Å². The molecule has 9 heteroatoms. The third kappa shape index (κ3) is 5.58. The Bertz CT molecular complexity index is 1130. The number of nitrogens with one attached hydrogen (secondary N) is 1. The van der Waals surface area contributed by atoms with Crippen molar-refractivity contribution in [3.63, 3.8) is 0 Å². The van der Waals surface area contributed by atoms with Gasteiger partial charge in [-0.2, -0.15) is 0 Å². The molecular formula is C26H30N4O5. The van der Waals surface area contributed by atoms with Crippen LogP contribution in [0.4, 0.5) is 5.69 Å². The van der Waals surface area contributed by atoms with Gasteiger partial charge in [-0.05, 0) is 61.7 Å². The van der Waals surface area contributed by atoms with Gasteiger partial charge in [-0.1, -0.05) is 12.1 Å². The molecule has 0 spiro atoms. The predicted octanol–water partition coefficient (Wildman–Crippen LogP) is 2.27. The molecule has 2 heterocycles. The second-order valence-corrected chi connectivity index (χ2v) is 9.00. The number of anilines is 1. The Kier molecular flexibility index (Phi) is 7.57. The van der Waals surface area contributed by atoms with Gasteiger partial charge in [0.05, 0.1) is 17.0 Å². The Morgan fingerprint density at radius 2 is 1.83 bits per heavy atom. The monoisotopic (exact) mass is 478 g/mol. The highest BCUT2D eigenvalue weighted by Crippen LogP contribution is 2.25. The van der Waals surface area contributed by atoms with Crippen LogP contribution in [0.2, 0.25) is 0 Å². The van der Waals surface area contributed by atoms with Crippen molar-refractivity contribution < 1.29 is 23.9 Å². The molecule has 2 aromatic carbocycles. The summed E-state index contributed by atoms with van der Waals surface area (Å²) in [6, 6.07) is 12.1. The van der Waals surface area contributed by atoms with E-state index in [-0.39, 0.29) is 35.7 Å². The van der Waals surface area contributed by atoms with E-state index in [1.54, 1.807) is 13.2 Å². The summed E-state index contributed by atoms with van der Waals surface area (Å²) in [6.45, 7) is 3.02. The van der Waals surface area contributed by atoms with E-state index in [9.17, 15) is 19.2 Å². The van der Waals surface area contributed by atoms with Crippen LogP contribution in [0.5, 0.6) is 0 Å². The highest BCUT2D eigenvalue weighted by atomic mass is 16.5. The third-order valence-electron chi connectivity index (χ3n) is 6.49. The molecule has 1 fully saturated rings. The molecule has 2 aliphatic heterocycles. The predicted molar refractivity (Wildman–Crippen MR) is 130 cm³/mol. The van der Waals surface area contributed by atoms with Crippen LogP contribution >= 0.6 is 0 Å². The maximum absolute atomic E-state index is 12.8. The van der Waals surface area contributed by atoms with Gasteiger partial charge < -0.3 is 15.8 Å². The van der Waals surface area contributed by atoms with Crippen molar-refractivity contribution in [3.8, 4) is 0 Å².